The zero-order valence-electron chi connectivity index (χ0n) is 15.1. The van der Waals surface area contributed by atoms with Crippen LogP contribution in [0.1, 0.15) is 30.9 Å². The number of nitriles is 1. The summed E-state index contributed by atoms with van der Waals surface area (Å²) in [6.07, 6.45) is 2.11. The first-order valence-electron chi connectivity index (χ1n) is 9.16. The van der Waals surface area contributed by atoms with Crippen molar-refractivity contribution in [1.29, 1.82) is 5.26 Å². The highest BCUT2D eigenvalue weighted by Gasteiger charge is 2.14. The summed E-state index contributed by atoms with van der Waals surface area (Å²) < 4.78 is 0. The molecule has 0 unspecified atom stereocenters. The molecule has 1 aromatic rings. The van der Waals surface area contributed by atoms with Crippen LogP contribution >= 0.6 is 0 Å². The third-order valence-corrected chi connectivity index (χ3v) is 4.63. The van der Waals surface area contributed by atoms with Crippen molar-refractivity contribution in [2.75, 3.05) is 45.8 Å². The van der Waals surface area contributed by atoms with E-state index in [1.165, 1.54) is 13.1 Å². The maximum absolute atomic E-state index is 11.8. The van der Waals surface area contributed by atoms with Gasteiger partial charge in [0.05, 0.1) is 11.6 Å². The Morgan fingerprint density at radius 2 is 1.76 bits per heavy atom. The predicted octanol–water partition coefficient (Wildman–Crippen LogP) is 1.78. The summed E-state index contributed by atoms with van der Waals surface area (Å²) in [5.74, 6) is 0. The standard InChI is InChI=1S/C19H29N5O/c1-2-23-11-13-24(14-12-23)10-4-3-9-21-19(25)22-16-18-7-5-17(15-20)6-8-18/h5-8H,2-4,9-14,16H2,1H3,(H2,21,22,25). The van der Waals surface area contributed by atoms with E-state index in [0.717, 1.165) is 44.6 Å². The lowest BCUT2D eigenvalue weighted by Crippen LogP contribution is -2.46. The molecule has 6 nitrogen and oxygen atoms in total. The number of piperazine rings is 1. The molecule has 6 heteroatoms. The summed E-state index contributed by atoms with van der Waals surface area (Å²) in [7, 11) is 0. The van der Waals surface area contributed by atoms with E-state index in [9.17, 15) is 4.79 Å². The van der Waals surface area contributed by atoms with Crippen LogP contribution in [0.4, 0.5) is 4.79 Å². The molecule has 0 aliphatic carbocycles. The molecule has 0 spiro atoms. The van der Waals surface area contributed by atoms with Crippen molar-refractivity contribution in [2.24, 2.45) is 0 Å². The summed E-state index contributed by atoms with van der Waals surface area (Å²) in [6, 6.07) is 9.18. The smallest absolute Gasteiger partial charge is 0.315 e. The zero-order chi connectivity index (χ0) is 17.9. The summed E-state index contributed by atoms with van der Waals surface area (Å²) >= 11 is 0. The molecular formula is C19H29N5O. The highest BCUT2D eigenvalue weighted by atomic mass is 16.2. The molecule has 1 aliphatic rings. The molecular weight excluding hydrogens is 314 g/mol. The number of carbonyl (C=O) groups is 1. The Morgan fingerprint density at radius 1 is 1.08 bits per heavy atom. The monoisotopic (exact) mass is 343 g/mol. The van der Waals surface area contributed by atoms with E-state index >= 15 is 0 Å². The molecule has 0 saturated carbocycles. The van der Waals surface area contributed by atoms with Gasteiger partial charge in [0.15, 0.2) is 0 Å². The molecule has 0 aromatic heterocycles. The number of nitrogens with one attached hydrogen (secondary N) is 2. The fourth-order valence-electron chi connectivity index (χ4n) is 2.93. The number of amides is 2. The first-order valence-corrected chi connectivity index (χ1v) is 9.16. The van der Waals surface area contributed by atoms with Crippen LogP contribution < -0.4 is 10.6 Å². The van der Waals surface area contributed by atoms with Gasteiger partial charge in [-0.15, -0.1) is 0 Å². The van der Waals surface area contributed by atoms with Crippen LogP contribution in [-0.4, -0.2) is 61.6 Å². The molecule has 1 saturated heterocycles. The summed E-state index contributed by atoms with van der Waals surface area (Å²) in [4.78, 5) is 16.8. The quantitative estimate of drug-likeness (QED) is 0.706. The summed E-state index contributed by atoms with van der Waals surface area (Å²) in [5, 5.41) is 14.5. The van der Waals surface area contributed by atoms with Crippen molar-refractivity contribution in [3.63, 3.8) is 0 Å². The fraction of sp³-hybridized carbons (Fsp3) is 0.579. The average molecular weight is 343 g/mol. The van der Waals surface area contributed by atoms with E-state index in [2.05, 4.69) is 33.4 Å². The van der Waals surface area contributed by atoms with E-state index in [4.69, 9.17) is 5.26 Å². The number of hydrogen-bond donors (Lipinski definition) is 2. The number of benzene rings is 1. The van der Waals surface area contributed by atoms with Gasteiger partial charge in [0.25, 0.3) is 0 Å². The lowest BCUT2D eigenvalue weighted by molar-refractivity contribution is 0.135. The number of rotatable bonds is 8. The van der Waals surface area contributed by atoms with Crippen molar-refractivity contribution in [1.82, 2.24) is 20.4 Å². The summed E-state index contributed by atoms with van der Waals surface area (Å²) in [6.45, 7) is 10.3. The van der Waals surface area contributed by atoms with Gasteiger partial charge in [0, 0.05) is 39.3 Å². The van der Waals surface area contributed by atoms with Crippen LogP contribution in [0.2, 0.25) is 0 Å². The first-order chi connectivity index (χ1) is 12.2. The molecule has 2 amide bonds. The number of likely N-dealkylation sites (N-methyl/N-ethyl adjacent to an activating group) is 1. The number of hydrogen-bond acceptors (Lipinski definition) is 4. The van der Waals surface area contributed by atoms with Gasteiger partial charge in [0.1, 0.15) is 0 Å². The lowest BCUT2D eigenvalue weighted by Gasteiger charge is -2.33. The largest absolute Gasteiger partial charge is 0.338 e. The number of urea groups is 1. The average Bonchev–Trinajstić information content (AvgIpc) is 2.67. The number of carbonyl (C=O) groups excluding carboxylic acids is 1. The van der Waals surface area contributed by atoms with E-state index in [1.807, 2.05) is 12.1 Å². The first kappa shape index (κ1) is 19.2. The van der Waals surface area contributed by atoms with Crippen LogP contribution in [0.3, 0.4) is 0 Å². The van der Waals surface area contributed by atoms with Crippen molar-refractivity contribution in [3.05, 3.63) is 35.4 Å². The van der Waals surface area contributed by atoms with E-state index in [-0.39, 0.29) is 6.03 Å². The van der Waals surface area contributed by atoms with Crippen molar-refractivity contribution < 1.29 is 4.79 Å². The van der Waals surface area contributed by atoms with Gasteiger partial charge in [-0.2, -0.15) is 5.26 Å². The Bertz CT molecular complexity index is 558. The molecule has 2 rings (SSSR count). The van der Waals surface area contributed by atoms with Crippen LogP contribution in [0.15, 0.2) is 24.3 Å². The normalized spacial score (nSPS) is 15.5. The fourth-order valence-corrected chi connectivity index (χ4v) is 2.93. The third kappa shape index (κ3) is 7.12. The molecule has 25 heavy (non-hydrogen) atoms. The molecule has 1 heterocycles. The Kier molecular flexibility index (Phi) is 8.23. The highest BCUT2D eigenvalue weighted by Crippen LogP contribution is 2.04. The molecule has 1 aliphatic heterocycles. The minimum atomic E-state index is -0.138. The van der Waals surface area contributed by atoms with Crippen LogP contribution in [0, 0.1) is 11.3 Å². The maximum atomic E-state index is 11.8. The minimum absolute atomic E-state index is 0.138. The minimum Gasteiger partial charge on any atom is -0.338 e. The van der Waals surface area contributed by atoms with Crippen molar-refractivity contribution in [2.45, 2.75) is 26.3 Å². The second-order valence-electron chi connectivity index (χ2n) is 6.40. The van der Waals surface area contributed by atoms with Crippen LogP contribution in [0.5, 0.6) is 0 Å². The van der Waals surface area contributed by atoms with Gasteiger partial charge in [-0.05, 0) is 43.6 Å². The molecule has 1 aromatic carbocycles. The van der Waals surface area contributed by atoms with Crippen molar-refractivity contribution >= 4 is 6.03 Å². The van der Waals surface area contributed by atoms with E-state index < -0.39 is 0 Å². The topological polar surface area (TPSA) is 71.4 Å². The Hall–Kier alpha value is -2.10. The summed E-state index contributed by atoms with van der Waals surface area (Å²) in [5.41, 5.74) is 1.62. The Morgan fingerprint density at radius 3 is 2.40 bits per heavy atom. The second kappa shape index (κ2) is 10.7. The van der Waals surface area contributed by atoms with Gasteiger partial charge in [-0.3, -0.25) is 0 Å². The van der Waals surface area contributed by atoms with Crippen LogP contribution in [0.25, 0.3) is 0 Å². The van der Waals surface area contributed by atoms with Gasteiger partial charge in [-0.25, -0.2) is 4.79 Å². The van der Waals surface area contributed by atoms with Gasteiger partial charge < -0.3 is 20.4 Å². The zero-order valence-corrected chi connectivity index (χ0v) is 15.1. The molecule has 0 bridgehead atoms. The maximum Gasteiger partial charge on any atom is 0.315 e. The molecule has 2 N–H and O–H groups in total. The Balaban J connectivity index is 1.50. The molecule has 0 radical (unpaired) electrons. The van der Waals surface area contributed by atoms with Crippen LogP contribution in [-0.2, 0) is 6.54 Å². The van der Waals surface area contributed by atoms with Crippen molar-refractivity contribution in [3.8, 4) is 6.07 Å². The Labute approximate surface area is 150 Å². The van der Waals surface area contributed by atoms with E-state index in [0.29, 0.717) is 18.7 Å². The van der Waals surface area contributed by atoms with Gasteiger partial charge in [-0.1, -0.05) is 19.1 Å². The molecule has 0 atom stereocenters. The molecule has 136 valence electrons. The number of unbranched alkanes of at least 4 members (excludes halogenated alkanes) is 1. The SMILES string of the molecule is CCN1CCN(CCCCNC(=O)NCc2ccc(C#N)cc2)CC1. The van der Waals surface area contributed by atoms with Gasteiger partial charge >= 0.3 is 6.03 Å². The second-order valence-corrected chi connectivity index (χ2v) is 6.40. The highest BCUT2D eigenvalue weighted by molar-refractivity contribution is 5.73. The third-order valence-electron chi connectivity index (χ3n) is 4.63. The molecule has 1 fully saturated rings. The predicted molar refractivity (Wildman–Crippen MR) is 99.2 cm³/mol. The van der Waals surface area contributed by atoms with Gasteiger partial charge in [0.2, 0.25) is 0 Å². The lowest BCUT2D eigenvalue weighted by atomic mass is 10.1. The van der Waals surface area contributed by atoms with E-state index in [1.54, 1.807) is 12.1 Å². The number of nitrogens with zero attached hydrogens (tertiary/aromatic N) is 3.